The van der Waals surface area contributed by atoms with E-state index in [1.165, 1.54) is 11.8 Å². The lowest BCUT2D eigenvalue weighted by Crippen LogP contribution is -2.28. The van der Waals surface area contributed by atoms with Crippen LogP contribution in [-0.2, 0) is 5.75 Å². The van der Waals surface area contributed by atoms with Gasteiger partial charge in [-0.15, -0.1) is 16.9 Å². The van der Waals surface area contributed by atoms with Gasteiger partial charge in [0.05, 0.1) is 23.1 Å². The number of amides is 1. The number of thioether (sulfide) groups is 1. The maximum Gasteiger partial charge on any atom is 0.252 e. The smallest absolute Gasteiger partial charge is 0.252 e. The van der Waals surface area contributed by atoms with Crippen molar-refractivity contribution in [3.63, 3.8) is 0 Å². The van der Waals surface area contributed by atoms with Crippen LogP contribution in [0.25, 0.3) is 5.69 Å². The first kappa shape index (κ1) is 22.0. The quantitative estimate of drug-likeness (QED) is 0.381. The monoisotopic (exact) mass is 465 g/mol. The van der Waals surface area contributed by atoms with Crippen LogP contribution >= 0.6 is 23.4 Å². The Bertz CT molecular complexity index is 1180. The summed E-state index contributed by atoms with van der Waals surface area (Å²) in [6, 6.07) is 23.8. The number of nitrogens with one attached hydrogen (secondary N) is 1. The number of benzene rings is 3. The van der Waals surface area contributed by atoms with Crippen LogP contribution in [0.4, 0.5) is 0 Å². The van der Waals surface area contributed by atoms with Crippen LogP contribution in [0.1, 0.15) is 27.8 Å². The molecule has 0 saturated carbocycles. The van der Waals surface area contributed by atoms with Crippen LogP contribution in [0.15, 0.2) is 83.8 Å². The minimum atomic E-state index is -0.827. The molecule has 4 aromatic rings. The summed E-state index contributed by atoms with van der Waals surface area (Å²) in [6.45, 7) is 0.0890. The number of hydrogen-bond donors (Lipinski definition) is 2. The predicted molar refractivity (Wildman–Crippen MR) is 124 cm³/mol. The molecule has 1 atom stereocenters. The highest BCUT2D eigenvalue weighted by molar-refractivity contribution is 7.98. The number of aromatic nitrogens is 4. The van der Waals surface area contributed by atoms with Gasteiger partial charge in [-0.05, 0) is 52.4 Å². The van der Waals surface area contributed by atoms with Gasteiger partial charge < -0.3 is 10.4 Å². The van der Waals surface area contributed by atoms with Gasteiger partial charge in [-0.25, -0.2) is 0 Å². The molecule has 0 bridgehead atoms. The molecule has 1 amide bonds. The standard InChI is InChI=1S/C23H20ClN5O2S/c24-17-12-10-16(11-13-17)20(30)14-25-23(31)19-8-4-5-9-21(19)32-15-22-26-27-28-29(22)18-6-2-1-3-7-18/h1-13,20,30H,14-15H2,(H,25,31). The molecule has 0 aliphatic carbocycles. The Kier molecular flexibility index (Phi) is 7.16. The highest BCUT2D eigenvalue weighted by atomic mass is 35.5. The molecule has 0 radical (unpaired) electrons. The molecule has 4 rings (SSSR count). The molecule has 1 aromatic heterocycles. The first-order valence-corrected chi connectivity index (χ1v) is 11.2. The Labute approximate surface area is 194 Å². The van der Waals surface area contributed by atoms with Gasteiger partial charge in [-0.3, -0.25) is 4.79 Å². The molecule has 3 aromatic carbocycles. The minimum Gasteiger partial charge on any atom is -0.387 e. The number of halogens is 1. The van der Waals surface area contributed by atoms with Crippen molar-refractivity contribution in [3.05, 3.63) is 101 Å². The number of aliphatic hydroxyl groups is 1. The molecule has 0 saturated heterocycles. The minimum absolute atomic E-state index is 0.0890. The van der Waals surface area contributed by atoms with Crippen LogP contribution in [-0.4, -0.2) is 37.8 Å². The SMILES string of the molecule is O=C(NCC(O)c1ccc(Cl)cc1)c1ccccc1SCc1nnnn1-c1ccccc1. The summed E-state index contributed by atoms with van der Waals surface area (Å²) in [5.41, 5.74) is 2.08. The van der Waals surface area contributed by atoms with Crippen molar-refractivity contribution in [2.75, 3.05) is 6.54 Å². The predicted octanol–water partition coefficient (Wildman–Crippen LogP) is 4.07. The molecule has 0 aliphatic rings. The number of rotatable bonds is 8. The van der Waals surface area contributed by atoms with E-state index in [1.807, 2.05) is 48.5 Å². The molecule has 1 unspecified atom stereocenters. The van der Waals surface area contributed by atoms with Crippen LogP contribution < -0.4 is 5.32 Å². The van der Waals surface area contributed by atoms with E-state index >= 15 is 0 Å². The fourth-order valence-electron chi connectivity index (χ4n) is 3.08. The molecule has 0 aliphatic heterocycles. The Morgan fingerprint density at radius 3 is 2.53 bits per heavy atom. The van der Waals surface area contributed by atoms with Gasteiger partial charge in [0.1, 0.15) is 0 Å². The van der Waals surface area contributed by atoms with Crippen LogP contribution in [0.3, 0.4) is 0 Å². The largest absolute Gasteiger partial charge is 0.387 e. The zero-order valence-corrected chi connectivity index (χ0v) is 18.5. The summed E-state index contributed by atoms with van der Waals surface area (Å²) in [6.07, 6.45) is -0.827. The lowest BCUT2D eigenvalue weighted by atomic mass is 10.1. The van der Waals surface area contributed by atoms with Gasteiger partial charge in [-0.1, -0.05) is 54.1 Å². The van der Waals surface area contributed by atoms with E-state index < -0.39 is 6.10 Å². The molecule has 1 heterocycles. The maximum absolute atomic E-state index is 12.8. The average molecular weight is 466 g/mol. The van der Waals surface area contributed by atoms with E-state index in [-0.39, 0.29) is 12.5 Å². The summed E-state index contributed by atoms with van der Waals surface area (Å²) >= 11 is 7.36. The van der Waals surface area contributed by atoms with E-state index in [0.717, 1.165) is 10.6 Å². The van der Waals surface area contributed by atoms with Crippen molar-refractivity contribution in [2.45, 2.75) is 16.8 Å². The molecule has 32 heavy (non-hydrogen) atoms. The average Bonchev–Trinajstić information content (AvgIpc) is 3.31. The summed E-state index contributed by atoms with van der Waals surface area (Å²) in [5.74, 6) is 0.901. The van der Waals surface area contributed by atoms with Crippen molar-refractivity contribution in [1.82, 2.24) is 25.5 Å². The highest BCUT2D eigenvalue weighted by Gasteiger charge is 2.16. The second kappa shape index (κ2) is 10.4. The molecule has 7 nitrogen and oxygen atoms in total. The van der Waals surface area contributed by atoms with Gasteiger partial charge in [-0.2, -0.15) is 4.68 Å². The fraction of sp³-hybridized carbons (Fsp3) is 0.130. The number of nitrogens with zero attached hydrogens (tertiary/aromatic N) is 4. The Balaban J connectivity index is 1.41. The zero-order valence-electron chi connectivity index (χ0n) is 16.9. The van der Waals surface area contributed by atoms with Crippen molar-refractivity contribution in [2.24, 2.45) is 0 Å². The van der Waals surface area contributed by atoms with Gasteiger partial charge in [0.15, 0.2) is 5.82 Å². The normalized spacial score (nSPS) is 11.8. The van der Waals surface area contributed by atoms with E-state index in [0.29, 0.717) is 27.7 Å². The molecule has 162 valence electrons. The van der Waals surface area contributed by atoms with E-state index in [4.69, 9.17) is 11.6 Å². The Morgan fingerprint density at radius 1 is 1.03 bits per heavy atom. The van der Waals surface area contributed by atoms with Crippen molar-refractivity contribution < 1.29 is 9.90 Å². The van der Waals surface area contributed by atoms with Crippen molar-refractivity contribution in [1.29, 1.82) is 0 Å². The van der Waals surface area contributed by atoms with Crippen LogP contribution in [0.2, 0.25) is 5.02 Å². The number of hydrogen-bond acceptors (Lipinski definition) is 6. The molecule has 2 N–H and O–H groups in total. The van der Waals surface area contributed by atoms with Gasteiger partial charge in [0.2, 0.25) is 0 Å². The zero-order chi connectivity index (χ0) is 22.3. The van der Waals surface area contributed by atoms with E-state index in [9.17, 15) is 9.90 Å². The molecule has 9 heteroatoms. The number of aliphatic hydroxyl groups excluding tert-OH is 1. The lowest BCUT2D eigenvalue weighted by Gasteiger charge is -2.14. The third-order valence-corrected chi connectivity index (χ3v) is 6.06. The number of tetrazole rings is 1. The Hall–Kier alpha value is -3.20. The second-order valence-corrected chi connectivity index (χ2v) is 8.36. The number of carbonyl (C=O) groups is 1. The van der Waals surface area contributed by atoms with Gasteiger partial charge >= 0.3 is 0 Å². The summed E-state index contributed by atoms with van der Waals surface area (Å²) in [4.78, 5) is 13.6. The molecule has 0 spiro atoms. The number of carbonyl (C=O) groups excluding carboxylic acids is 1. The van der Waals surface area contributed by atoms with Crippen LogP contribution in [0.5, 0.6) is 0 Å². The lowest BCUT2D eigenvalue weighted by molar-refractivity contribution is 0.0913. The molecular formula is C23H20ClN5O2S. The summed E-state index contributed by atoms with van der Waals surface area (Å²) < 4.78 is 1.68. The Morgan fingerprint density at radius 2 is 1.75 bits per heavy atom. The first-order chi connectivity index (χ1) is 15.6. The maximum atomic E-state index is 12.8. The van der Waals surface area contributed by atoms with E-state index in [2.05, 4.69) is 20.8 Å². The van der Waals surface area contributed by atoms with Gasteiger partial charge in [0, 0.05) is 16.5 Å². The first-order valence-electron chi connectivity index (χ1n) is 9.88. The van der Waals surface area contributed by atoms with Gasteiger partial charge in [0.25, 0.3) is 5.91 Å². The van der Waals surface area contributed by atoms with Crippen molar-refractivity contribution >= 4 is 29.3 Å². The third-order valence-electron chi connectivity index (χ3n) is 4.73. The third kappa shape index (κ3) is 5.34. The molecular weight excluding hydrogens is 446 g/mol. The number of para-hydroxylation sites is 1. The molecule has 0 fully saturated rings. The summed E-state index contributed by atoms with van der Waals surface area (Å²) in [7, 11) is 0. The van der Waals surface area contributed by atoms with E-state index in [1.54, 1.807) is 35.0 Å². The fourth-order valence-corrected chi connectivity index (χ4v) is 4.16. The highest BCUT2D eigenvalue weighted by Crippen LogP contribution is 2.26. The topological polar surface area (TPSA) is 92.9 Å². The van der Waals surface area contributed by atoms with Crippen LogP contribution in [0, 0.1) is 0 Å². The second-order valence-electron chi connectivity index (χ2n) is 6.90. The van der Waals surface area contributed by atoms with Crippen molar-refractivity contribution in [3.8, 4) is 5.69 Å². The summed E-state index contributed by atoms with van der Waals surface area (Å²) in [5, 5.41) is 25.7.